The molecule has 1 saturated heterocycles. The lowest BCUT2D eigenvalue weighted by Crippen LogP contribution is -2.39. The van der Waals surface area contributed by atoms with E-state index in [1.807, 2.05) is 18.2 Å². The molecule has 144 valence electrons. The van der Waals surface area contributed by atoms with Crippen molar-refractivity contribution >= 4 is 23.0 Å². The zero-order valence-electron chi connectivity index (χ0n) is 16.3. The molecule has 0 saturated carbocycles. The van der Waals surface area contributed by atoms with Crippen LogP contribution in [0.4, 0.5) is 5.69 Å². The molecule has 1 atom stereocenters. The highest BCUT2D eigenvalue weighted by molar-refractivity contribution is 7.80. The Hall–Kier alpha value is -2.11. The number of hydrogen-bond donors (Lipinski definition) is 1. The number of nitrogens with zero attached hydrogens (tertiary/aromatic N) is 1. The lowest BCUT2D eigenvalue weighted by Gasteiger charge is -2.29. The predicted molar refractivity (Wildman–Crippen MR) is 115 cm³/mol. The highest BCUT2D eigenvalue weighted by atomic mass is 32.1. The Balaban J connectivity index is 1.78. The van der Waals surface area contributed by atoms with Crippen molar-refractivity contribution in [1.29, 1.82) is 0 Å². The van der Waals surface area contributed by atoms with Gasteiger partial charge in [0.1, 0.15) is 5.75 Å². The second-order valence-corrected chi connectivity index (χ2v) is 7.52. The number of para-hydroxylation sites is 1. The van der Waals surface area contributed by atoms with E-state index in [9.17, 15) is 0 Å². The van der Waals surface area contributed by atoms with Gasteiger partial charge in [-0.2, -0.15) is 0 Å². The molecule has 1 fully saturated rings. The van der Waals surface area contributed by atoms with Crippen LogP contribution in [-0.4, -0.2) is 36.4 Å². The van der Waals surface area contributed by atoms with Gasteiger partial charge in [0, 0.05) is 30.9 Å². The Bertz CT molecular complexity index is 767. The van der Waals surface area contributed by atoms with Gasteiger partial charge in [0.05, 0.1) is 13.2 Å². The molecule has 1 heterocycles. The number of nitrogens with one attached hydrogen (secondary N) is 1. The fourth-order valence-corrected chi connectivity index (χ4v) is 3.80. The molecule has 1 N–H and O–H groups in total. The number of aryl methyl sites for hydroxylation is 2. The van der Waals surface area contributed by atoms with Crippen LogP contribution in [0.3, 0.4) is 0 Å². The van der Waals surface area contributed by atoms with Gasteiger partial charge >= 0.3 is 0 Å². The van der Waals surface area contributed by atoms with Crippen molar-refractivity contribution in [2.75, 3.05) is 25.6 Å². The van der Waals surface area contributed by atoms with Crippen molar-refractivity contribution in [3.63, 3.8) is 0 Å². The topological polar surface area (TPSA) is 33.7 Å². The summed E-state index contributed by atoms with van der Waals surface area (Å²) in [6, 6.07) is 14.5. The molecular formula is C22H28N2O2S. The van der Waals surface area contributed by atoms with Crippen molar-refractivity contribution in [2.24, 2.45) is 0 Å². The maximum Gasteiger partial charge on any atom is 0.173 e. The quantitative estimate of drug-likeness (QED) is 0.731. The van der Waals surface area contributed by atoms with Crippen LogP contribution in [0.1, 0.15) is 29.5 Å². The summed E-state index contributed by atoms with van der Waals surface area (Å²) in [5, 5.41) is 4.13. The van der Waals surface area contributed by atoms with Gasteiger partial charge in [-0.3, -0.25) is 0 Å². The molecule has 3 rings (SSSR count). The van der Waals surface area contributed by atoms with Crippen LogP contribution in [0, 0.1) is 13.8 Å². The molecule has 0 radical (unpaired) electrons. The SMILES string of the molecule is COc1ccccc1CN(CC1CCCO1)C(=S)Nc1cc(C)cc(C)c1. The Kier molecular flexibility index (Phi) is 6.69. The molecule has 2 aromatic carbocycles. The fourth-order valence-electron chi connectivity index (χ4n) is 3.54. The van der Waals surface area contributed by atoms with E-state index in [1.54, 1.807) is 7.11 Å². The van der Waals surface area contributed by atoms with Gasteiger partial charge in [0.25, 0.3) is 0 Å². The summed E-state index contributed by atoms with van der Waals surface area (Å²) >= 11 is 5.78. The summed E-state index contributed by atoms with van der Waals surface area (Å²) in [5.41, 5.74) is 4.57. The molecular weight excluding hydrogens is 356 g/mol. The molecule has 5 heteroatoms. The summed E-state index contributed by atoms with van der Waals surface area (Å²) in [5.74, 6) is 0.879. The van der Waals surface area contributed by atoms with Gasteiger partial charge in [-0.15, -0.1) is 0 Å². The zero-order chi connectivity index (χ0) is 19.2. The molecule has 0 aliphatic carbocycles. The first-order valence-corrected chi connectivity index (χ1v) is 9.83. The Morgan fingerprint density at radius 2 is 1.96 bits per heavy atom. The minimum atomic E-state index is 0.221. The van der Waals surface area contributed by atoms with Crippen LogP contribution in [0.15, 0.2) is 42.5 Å². The van der Waals surface area contributed by atoms with Gasteiger partial charge in [-0.05, 0) is 68.2 Å². The average Bonchev–Trinajstić information content (AvgIpc) is 3.14. The van der Waals surface area contributed by atoms with E-state index in [-0.39, 0.29) is 6.10 Å². The second-order valence-electron chi connectivity index (χ2n) is 7.13. The largest absolute Gasteiger partial charge is 0.496 e. The standard InChI is InChI=1S/C22H28N2O2S/c1-16-11-17(2)13-19(12-16)23-22(27)24(15-20-8-6-10-26-20)14-18-7-4-5-9-21(18)25-3/h4-5,7,9,11-13,20H,6,8,10,14-15H2,1-3H3,(H,23,27). The summed E-state index contributed by atoms with van der Waals surface area (Å²) in [7, 11) is 1.70. The van der Waals surface area contributed by atoms with Crippen LogP contribution in [-0.2, 0) is 11.3 Å². The molecule has 4 nitrogen and oxygen atoms in total. The van der Waals surface area contributed by atoms with E-state index in [1.165, 1.54) is 11.1 Å². The lowest BCUT2D eigenvalue weighted by atomic mass is 10.1. The van der Waals surface area contributed by atoms with Gasteiger partial charge in [-0.1, -0.05) is 24.3 Å². The van der Waals surface area contributed by atoms with Crippen LogP contribution < -0.4 is 10.1 Å². The minimum Gasteiger partial charge on any atom is -0.496 e. The highest BCUT2D eigenvalue weighted by Gasteiger charge is 2.22. The maximum atomic E-state index is 5.86. The summed E-state index contributed by atoms with van der Waals surface area (Å²) in [6.07, 6.45) is 2.41. The maximum absolute atomic E-state index is 5.86. The molecule has 1 aliphatic heterocycles. The Morgan fingerprint density at radius 1 is 1.22 bits per heavy atom. The van der Waals surface area contributed by atoms with Crippen LogP contribution >= 0.6 is 12.2 Å². The number of ether oxygens (including phenoxy) is 2. The lowest BCUT2D eigenvalue weighted by molar-refractivity contribution is 0.0903. The molecule has 27 heavy (non-hydrogen) atoms. The molecule has 0 amide bonds. The number of hydrogen-bond acceptors (Lipinski definition) is 3. The van der Waals surface area contributed by atoms with E-state index in [0.717, 1.165) is 43.0 Å². The van der Waals surface area contributed by atoms with Gasteiger partial charge < -0.3 is 19.7 Å². The molecule has 1 aliphatic rings. The molecule has 1 unspecified atom stereocenters. The van der Waals surface area contributed by atoms with Gasteiger partial charge in [-0.25, -0.2) is 0 Å². The Morgan fingerprint density at radius 3 is 2.63 bits per heavy atom. The van der Waals surface area contributed by atoms with Crippen LogP contribution in [0.25, 0.3) is 0 Å². The fraction of sp³-hybridized carbons (Fsp3) is 0.409. The smallest absolute Gasteiger partial charge is 0.173 e. The van der Waals surface area contributed by atoms with Crippen molar-refractivity contribution in [3.8, 4) is 5.75 Å². The Labute approximate surface area is 167 Å². The van der Waals surface area contributed by atoms with Crippen LogP contribution in [0.5, 0.6) is 5.75 Å². The average molecular weight is 385 g/mol. The van der Waals surface area contributed by atoms with E-state index >= 15 is 0 Å². The second kappa shape index (κ2) is 9.20. The summed E-state index contributed by atoms with van der Waals surface area (Å²) in [6.45, 7) is 6.49. The van der Waals surface area contributed by atoms with E-state index in [4.69, 9.17) is 21.7 Å². The van der Waals surface area contributed by atoms with Crippen molar-refractivity contribution in [2.45, 2.75) is 39.3 Å². The third-order valence-electron chi connectivity index (χ3n) is 4.76. The predicted octanol–water partition coefficient (Wildman–Crippen LogP) is 4.69. The normalized spacial score (nSPS) is 16.2. The third-order valence-corrected chi connectivity index (χ3v) is 5.12. The monoisotopic (exact) mass is 384 g/mol. The first kappa shape index (κ1) is 19.6. The van der Waals surface area contributed by atoms with Crippen molar-refractivity contribution < 1.29 is 9.47 Å². The van der Waals surface area contributed by atoms with E-state index in [2.05, 4.69) is 48.3 Å². The highest BCUT2D eigenvalue weighted by Crippen LogP contribution is 2.22. The van der Waals surface area contributed by atoms with Gasteiger partial charge in [0.15, 0.2) is 5.11 Å². The summed E-state index contributed by atoms with van der Waals surface area (Å²) < 4.78 is 11.4. The molecule has 0 aromatic heterocycles. The third kappa shape index (κ3) is 5.44. The number of thiocarbonyl (C=S) groups is 1. The van der Waals surface area contributed by atoms with E-state index in [0.29, 0.717) is 11.7 Å². The van der Waals surface area contributed by atoms with Gasteiger partial charge in [0.2, 0.25) is 0 Å². The first-order chi connectivity index (χ1) is 13.0. The number of methoxy groups -OCH3 is 1. The zero-order valence-corrected chi connectivity index (χ0v) is 17.1. The number of anilines is 1. The van der Waals surface area contributed by atoms with Crippen LogP contribution in [0.2, 0.25) is 0 Å². The van der Waals surface area contributed by atoms with Crippen molar-refractivity contribution in [3.05, 3.63) is 59.2 Å². The number of benzene rings is 2. The van der Waals surface area contributed by atoms with Crippen molar-refractivity contribution in [1.82, 2.24) is 4.90 Å². The molecule has 0 bridgehead atoms. The minimum absolute atomic E-state index is 0.221. The van der Waals surface area contributed by atoms with E-state index < -0.39 is 0 Å². The first-order valence-electron chi connectivity index (χ1n) is 9.43. The molecule has 0 spiro atoms. The molecule has 2 aromatic rings. The number of rotatable bonds is 6. The summed E-state index contributed by atoms with van der Waals surface area (Å²) in [4.78, 5) is 2.18.